The second-order valence-corrected chi connectivity index (χ2v) is 21.7. The molecule has 2 saturated heterocycles. The van der Waals surface area contributed by atoms with Crippen LogP contribution in [0.2, 0.25) is 0 Å². The molecule has 4 N–H and O–H groups in total. The zero-order valence-corrected chi connectivity index (χ0v) is 48.7. The molecule has 2 amide bonds. The number of hydrogen-bond acceptors (Lipinski definition) is 12. The molecule has 5 aromatic rings. The van der Waals surface area contributed by atoms with Gasteiger partial charge in [0.2, 0.25) is 5.91 Å². The molecule has 82 heavy (non-hydrogen) atoms. The van der Waals surface area contributed by atoms with Crippen molar-refractivity contribution in [1.29, 1.82) is 0 Å². The molecule has 18 heteroatoms. The first-order chi connectivity index (χ1) is 39.6. The average molecular weight is 1130 g/mol. The Kier molecular flexibility index (Phi) is 20.5. The van der Waals surface area contributed by atoms with Crippen LogP contribution in [-0.4, -0.2) is 69.6 Å². The molecule has 2 fully saturated rings. The highest BCUT2D eigenvalue weighted by Gasteiger charge is 2.40. The molecule has 0 saturated carbocycles. The lowest BCUT2D eigenvalue weighted by molar-refractivity contribution is -0.130. The molecule has 18 nitrogen and oxygen atoms in total. The quantitative estimate of drug-likeness (QED) is 0.0539. The summed E-state index contributed by atoms with van der Waals surface area (Å²) in [5.41, 5.74) is 5.63. The number of aromatic nitrogens is 4. The summed E-state index contributed by atoms with van der Waals surface area (Å²) in [5, 5.41) is 6.43. The number of benzene rings is 3. The highest BCUT2D eigenvalue weighted by Crippen LogP contribution is 2.41. The van der Waals surface area contributed by atoms with Gasteiger partial charge >= 0.3 is 11.4 Å². The number of rotatable bonds is 21. The Morgan fingerprint density at radius 2 is 1.17 bits per heavy atom. The fourth-order valence-electron chi connectivity index (χ4n) is 11.1. The van der Waals surface area contributed by atoms with Crippen LogP contribution in [0, 0.1) is 25.7 Å². The van der Waals surface area contributed by atoms with Crippen LogP contribution in [0.25, 0.3) is 0 Å². The number of allylic oxidation sites excluding steroid dienone is 4. The SMILES string of the molecule is C=CC=C1Cc2cc(NC(=O)[C@H]3O[C@@H](n4cc(C)c(=O)[nH]c4=O)C[C@@H]3C)cc(c2OCCC)Cc2cccc(c2OCCC)Cc2cc(NC(=O)C[C@H]3C[C@H](n4cc(C)c(=O)[nH]c4=O)O[C@@H]3CC)cc(c2OCCC)CC=C1OCCC. The van der Waals surface area contributed by atoms with Crippen LogP contribution in [0.3, 0.4) is 0 Å². The van der Waals surface area contributed by atoms with Crippen molar-refractivity contribution in [3.05, 3.63) is 177 Å². The molecule has 3 aliphatic rings. The molecule has 4 heterocycles. The lowest BCUT2D eigenvalue weighted by atomic mass is 9.91. The summed E-state index contributed by atoms with van der Waals surface area (Å²) < 4.78 is 42.3. The number of aryl methyl sites for hydroxylation is 2. The molecular weight excluding hydrogens is 1040 g/mol. The van der Waals surface area contributed by atoms with Crippen molar-refractivity contribution in [2.75, 3.05) is 37.1 Å². The number of nitrogens with zero attached hydrogens (tertiary/aromatic N) is 2. The largest absolute Gasteiger partial charge is 0.494 e. The number of nitrogens with one attached hydrogen (secondary N) is 4. The minimum atomic E-state index is -0.913. The van der Waals surface area contributed by atoms with Crippen molar-refractivity contribution in [2.24, 2.45) is 11.8 Å². The fraction of sp³-hybridized carbons (Fsp3) is 0.469. The predicted octanol–water partition coefficient (Wildman–Crippen LogP) is 9.98. The number of fused-ring (bicyclic) bond motifs is 6. The van der Waals surface area contributed by atoms with Gasteiger partial charge in [-0.25, -0.2) is 9.59 Å². The van der Waals surface area contributed by atoms with E-state index in [-0.39, 0.29) is 36.2 Å². The van der Waals surface area contributed by atoms with Gasteiger partial charge in [-0.1, -0.05) is 78.5 Å². The van der Waals surface area contributed by atoms with E-state index in [0.717, 1.165) is 64.6 Å². The highest BCUT2D eigenvalue weighted by molar-refractivity contribution is 5.95. The lowest BCUT2D eigenvalue weighted by Gasteiger charge is -2.24. The van der Waals surface area contributed by atoms with Gasteiger partial charge in [-0.2, -0.15) is 0 Å². The van der Waals surface area contributed by atoms with Crippen LogP contribution in [0.1, 0.15) is 150 Å². The molecular formula is C64H80N6O12. The third kappa shape index (κ3) is 14.3. The lowest BCUT2D eigenvalue weighted by Crippen LogP contribution is -2.35. The third-order valence-electron chi connectivity index (χ3n) is 15.1. The first kappa shape index (κ1) is 60.4. The van der Waals surface area contributed by atoms with Gasteiger partial charge in [0.05, 0.1) is 32.5 Å². The minimum Gasteiger partial charge on any atom is -0.494 e. The number of carbonyl (C=O) groups is 2. The van der Waals surface area contributed by atoms with Crippen molar-refractivity contribution in [3.8, 4) is 17.2 Å². The molecule has 2 aliphatic heterocycles. The zero-order chi connectivity index (χ0) is 58.6. The molecule has 0 radical (unpaired) electrons. The number of ether oxygens (including phenoxy) is 6. The number of amides is 2. The summed E-state index contributed by atoms with van der Waals surface area (Å²) in [6.45, 7) is 21.2. The maximum Gasteiger partial charge on any atom is 0.330 e. The second kappa shape index (κ2) is 27.8. The van der Waals surface area contributed by atoms with Gasteiger partial charge in [0, 0.05) is 82.8 Å². The molecule has 1 aliphatic carbocycles. The Morgan fingerprint density at radius 1 is 0.671 bits per heavy atom. The van der Waals surface area contributed by atoms with E-state index in [1.165, 1.54) is 21.5 Å². The van der Waals surface area contributed by atoms with Crippen molar-refractivity contribution in [2.45, 2.75) is 157 Å². The number of hydrogen-bond donors (Lipinski definition) is 4. The molecule has 6 bridgehead atoms. The van der Waals surface area contributed by atoms with Crippen LogP contribution in [-0.2, 0) is 49.5 Å². The Hall–Kier alpha value is -7.70. The first-order valence-corrected chi connectivity index (χ1v) is 29.1. The van der Waals surface area contributed by atoms with E-state index in [0.29, 0.717) is 117 Å². The zero-order valence-electron chi connectivity index (χ0n) is 48.7. The number of carbonyl (C=O) groups excluding carboxylic acids is 2. The summed E-state index contributed by atoms with van der Waals surface area (Å²) in [4.78, 5) is 83.8. The normalized spacial score (nSPS) is 20.2. The monoisotopic (exact) mass is 1120 g/mol. The molecule has 0 unspecified atom stereocenters. The maximum atomic E-state index is 14.5. The van der Waals surface area contributed by atoms with Gasteiger partial charge in [-0.15, -0.1) is 0 Å². The van der Waals surface area contributed by atoms with E-state index in [1.807, 2.05) is 63.3 Å². The first-order valence-electron chi connectivity index (χ1n) is 29.1. The van der Waals surface area contributed by atoms with E-state index in [1.54, 1.807) is 19.9 Å². The smallest absolute Gasteiger partial charge is 0.330 e. The van der Waals surface area contributed by atoms with Crippen molar-refractivity contribution < 1.29 is 38.0 Å². The molecule has 8 rings (SSSR count). The maximum absolute atomic E-state index is 14.5. The van der Waals surface area contributed by atoms with E-state index in [2.05, 4.69) is 60.1 Å². The molecule has 438 valence electrons. The van der Waals surface area contributed by atoms with Crippen molar-refractivity contribution in [3.63, 3.8) is 0 Å². The van der Waals surface area contributed by atoms with Crippen molar-refractivity contribution >= 4 is 23.2 Å². The summed E-state index contributed by atoms with van der Waals surface area (Å²) >= 11 is 0. The number of H-pyrrole nitrogens is 2. The molecule has 6 atom stereocenters. The van der Waals surface area contributed by atoms with Crippen LogP contribution in [0.5, 0.6) is 17.2 Å². The molecule has 0 spiro atoms. The van der Waals surface area contributed by atoms with Gasteiger partial charge < -0.3 is 39.1 Å². The predicted molar refractivity (Wildman–Crippen MR) is 316 cm³/mol. The van der Waals surface area contributed by atoms with Crippen LogP contribution in [0.15, 0.2) is 110 Å². The fourth-order valence-corrected chi connectivity index (χ4v) is 11.1. The van der Waals surface area contributed by atoms with Gasteiger partial charge in [0.25, 0.3) is 17.0 Å². The van der Waals surface area contributed by atoms with E-state index >= 15 is 0 Å². The Labute approximate surface area is 478 Å². The number of anilines is 2. The average Bonchev–Trinajstić information content (AvgIpc) is 4.22. The van der Waals surface area contributed by atoms with Crippen LogP contribution in [0.4, 0.5) is 11.4 Å². The Bertz CT molecular complexity index is 3440. The Morgan fingerprint density at radius 3 is 1.72 bits per heavy atom. The van der Waals surface area contributed by atoms with E-state index in [9.17, 15) is 28.8 Å². The van der Waals surface area contributed by atoms with E-state index in [4.69, 9.17) is 28.4 Å². The third-order valence-corrected chi connectivity index (χ3v) is 15.1. The highest BCUT2D eigenvalue weighted by atomic mass is 16.5. The van der Waals surface area contributed by atoms with Crippen LogP contribution < -0.4 is 47.3 Å². The van der Waals surface area contributed by atoms with Crippen LogP contribution >= 0.6 is 0 Å². The summed E-state index contributed by atoms with van der Waals surface area (Å²) in [6.07, 6.45) is 12.0. The van der Waals surface area contributed by atoms with E-state index < -0.39 is 41.1 Å². The molecule has 2 aromatic heterocycles. The number of aromatic amines is 2. The standard InChI is InChI=1S/C64H80N6O12/c1-10-17-41-27-46-32-50(66-62(74)56-38(7)26-54(82-56)69-36-39(8)60(72)67-63(69)75)33-48(59(46)80-25-14-5)29-43-19-16-18-42(57(43)78-23-12-3)28-47-31-49(30-44(58(47)79-24-13-4)20-21-52(41)77-22-11-2)65-53(71)34-45-35-55(81-51(45)15-6)70-37-40(9)61(73)68-64(70)76/h10,16-19,21,30-33,36-38,45,51,54-56H,1,11-15,20,22-29,34-35H2,2-9H3,(H,65,71)(H,66,74)(H,67,72,75)(H,68,73,76)/t38-,45-,51+,54+,55+,56-/m0/s1. The van der Waals surface area contributed by atoms with Gasteiger partial charge in [-0.05, 0) is 124 Å². The van der Waals surface area contributed by atoms with Gasteiger partial charge in [-0.3, -0.25) is 38.3 Å². The number of para-hydroxylation sites is 1. The summed E-state index contributed by atoms with van der Waals surface area (Å²) in [5.74, 6) is 1.63. The second-order valence-electron chi connectivity index (χ2n) is 21.7. The van der Waals surface area contributed by atoms with Gasteiger partial charge in [0.1, 0.15) is 41.6 Å². The van der Waals surface area contributed by atoms with Gasteiger partial charge in [0.15, 0.2) is 0 Å². The summed E-state index contributed by atoms with van der Waals surface area (Å²) in [6, 6.07) is 13.9. The summed E-state index contributed by atoms with van der Waals surface area (Å²) in [7, 11) is 0. The Balaban J connectivity index is 1.21. The minimum absolute atomic E-state index is 0.135. The molecule has 3 aromatic carbocycles. The van der Waals surface area contributed by atoms with Crippen molar-refractivity contribution in [1.82, 2.24) is 19.1 Å². The topological polar surface area (TPSA) is 223 Å².